The van der Waals surface area contributed by atoms with Gasteiger partial charge in [-0.05, 0) is 18.8 Å². The molecule has 1 aliphatic rings. The summed E-state index contributed by atoms with van der Waals surface area (Å²) in [4.78, 5) is 26.6. The SMILES string of the molecule is O=C(O)CNC(=O)c1c(O)cc(CCC2CC2)n2ncnc12. The number of pyridine rings is 1. The molecule has 0 aliphatic heterocycles. The van der Waals surface area contributed by atoms with Gasteiger partial charge >= 0.3 is 5.97 Å². The summed E-state index contributed by atoms with van der Waals surface area (Å²) >= 11 is 0. The number of rotatable bonds is 6. The summed E-state index contributed by atoms with van der Waals surface area (Å²) in [6.07, 6.45) is 5.54. The lowest BCUT2D eigenvalue weighted by atomic mass is 10.1. The maximum absolute atomic E-state index is 12.1. The van der Waals surface area contributed by atoms with E-state index in [-0.39, 0.29) is 17.0 Å². The lowest BCUT2D eigenvalue weighted by molar-refractivity contribution is -0.135. The molecule has 1 fully saturated rings. The Morgan fingerprint density at radius 1 is 1.41 bits per heavy atom. The third kappa shape index (κ3) is 2.85. The molecule has 0 atom stereocenters. The van der Waals surface area contributed by atoms with Crippen LogP contribution in [0.3, 0.4) is 0 Å². The van der Waals surface area contributed by atoms with Crippen molar-refractivity contribution in [3.63, 3.8) is 0 Å². The minimum Gasteiger partial charge on any atom is -0.507 e. The molecule has 3 N–H and O–H groups in total. The monoisotopic (exact) mass is 304 g/mol. The smallest absolute Gasteiger partial charge is 0.322 e. The number of hydrogen-bond donors (Lipinski definition) is 3. The quantitative estimate of drug-likeness (QED) is 0.719. The Hall–Kier alpha value is -2.64. The van der Waals surface area contributed by atoms with Gasteiger partial charge in [-0.25, -0.2) is 9.50 Å². The van der Waals surface area contributed by atoms with Crippen LogP contribution in [0.15, 0.2) is 12.4 Å². The molecule has 0 saturated heterocycles. The Bertz CT molecular complexity index is 736. The van der Waals surface area contributed by atoms with Gasteiger partial charge in [-0.1, -0.05) is 12.8 Å². The van der Waals surface area contributed by atoms with Crippen LogP contribution in [0.1, 0.15) is 35.3 Å². The summed E-state index contributed by atoms with van der Waals surface area (Å²) in [6.45, 7) is -0.526. The molecular formula is C14H16N4O4. The molecule has 2 aromatic rings. The van der Waals surface area contributed by atoms with Gasteiger partial charge in [0.05, 0.1) is 0 Å². The Kier molecular flexibility index (Phi) is 3.66. The number of carboxylic acid groups (broad SMARTS) is 1. The number of aromatic hydroxyl groups is 1. The predicted octanol–water partition coefficient (Wildman–Crippen LogP) is 0.592. The normalized spacial score (nSPS) is 14.2. The maximum Gasteiger partial charge on any atom is 0.322 e. The van der Waals surface area contributed by atoms with Gasteiger partial charge in [0.25, 0.3) is 5.91 Å². The molecule has 0 bridgehead atoms. The van der Waals surface area contributed by atoms with E-state index in [1.54, 1.807) is 0 Å². The van der Waals surface area contributed by atoms with Gasteiger partial charge in [0.15, 0.2) is 5.65 Å². The number of fused-ring (bicyclic) bond motifs is 1. The van der Waals surface area contributed by atoms with Crippen LogP contribution in [-0.4, -0.2) is 43.2 Å². The van der Waals surface area contributed by atoms with Crippen molar-refractivity contribution in [1.29, 1.82) is 0 Å². The van der Waals surface area contributed by atoms with Crippen molar-refractivity contribution in [3.8, 4) is 5.75 Å². The van der Waals surface area contributed by atoms with Gasteiger partial charge in [-0.2, -0.15) is 5.10 Å². The maximum atomic E-state index is 12.1. The summed E-state index contributed by atoms with van der Waals surface area (Å²) in [7, 11) is 0. The lowest BCUT2D eigenvalue weighted by Crippen LogP contribution is -2.29. The summed E-state index contributed by atoms with van der Waals surface area (Å²) < 4.78 is 1.53. The van der Waals surface area contributed by atoms with Gasteiger partial charge in [0, 0.05) is 11.8 Å². The molecule has 1 saturated carbocycles. The molecule has 2 aromatic heterocycles. The first kappa shape index (κ1) is 14.3. The minimum atomic E-state index is -1.16. The number of carbonyl (C=O) groups is 2. The molecule has 22 heavy (non-hydrogen) atoms. The zero-order valence-corrected chi connectivity index (χ0v) is 11.8. The van der Waals surface area contributed by atoms with Crippen LogP contribution in [0.5, 0.6) is 5.75 Å². The summed E-state index contributed by atoms with van der Waals surface area (Å²) in [5.41, 5.74) is 0.953. The highest BCUT2D eigenvalue weighted by atomic mass is 16.4. The van der Waals surface area contributed by atoms with Crippen LogP contribution in [0.2, 0.25) is 0 Å². The van der Waals surface area contributed by atoms with E-state index in [0.717, 1.165) is 24.5 Å². The standard InChI is InChI=1S/C14H16N4O4/c19-10-5-9(4-3-8-1-2-8)18-13(16-7-17-18)12(10)14(22)15-6-11(20)21/h5,7-8,19H,1-4,6H2,(H,15,22)(H,20,21). The fraction of sp³-hybridized carbons (Fsp3) is 0.429. The van der Waals surface area contributed by atoms with E-state index in [4.69, 9.17) is 5.11 Å². The van der Waals surface area contributed by atoms with Crippen molar-refractivity contribution < 1.29 is 19.8 Å². The Morgan fingerprint density at radius 2 is 2.18 bits per heavy atom. The van der Waals surface area contributed by atoms with Crippen LogP contribution in [0, 0.1) is 5.92 Å². The fourth-order valence-corrected chi connectivity index (χ4v) is 2.43. The Morgan fingerprint density at radius 3 is 2.86 bits per heavy atom. The lowest BCUT2D eigenvalue weighted by Gasteiger charge is -2.10. The number of carboxylic acids is 1. The molecular weight excluding hydrogens is 288 g/mol. The predicted molar refractivity (Wildman–Crippen MR) is 75.7 cm³/mol. The van der Waals surface area contributed by atoms with Crippen molar-refractivity contribution in [1.82, 2.24) is 19.9 Å². The van der Waals surface area contributed by atoms with Crippen LogP contribution >= 0.6 is 0 Å². The molecule has 8 heteroatoms. The van der Waals surface area contributed by atoms with Gasteiger partial charge < -0.3 is 15.5 Å². The highest BCUT2D eigenvalue weighted by molar-refractivity contribution is 6.03. The fourth-order valence-electron chi connectivity index (χ4n) is 2.43. The van der Waals surface area contributed by atoms with Crippen LogP contribution < -0.4 is 5.32 Å². The van der Waals surface area contributed by atoms with Gasteiger partial charge in [0.1, 0.15) is 24.2 Å². The number of nitrogens with zero attached hydrogens (tertiary/aromatic N) is 3. The van der Waals surface area contributed by atoms with E-state index >= 15 is 0 Å². The zero-order valence-electron chi connectivity index (χ0n) is 11.8. The number of aromatic nitrogens is 3. The number of nitrogens with one attached hydrogen (secondary N) is 1. The molecule has 8 nitrogen and oxygen atoms in total. The molecule has 0 radical (unpaired) electrons. The second kappa shape index (κ2) is 5.63. The summed E-state index contributed by atoms with van der Waals surface area (Å²) in [5, 5.41) is 25.1. The van der Waals surface area contributed by atoms with Crippen LogP contribution in [0.4, 0.5) is 0 Å². The van der Waals surface area contributed by atoms with Gasteiger partial charge in [0.2, 0.25) is 0 Å². The van der Waals surface area contributed by atoms with Crippen molar-refractivity contribution in [2.75, 3.05) is 6.54 Å². The first-order valence-electron chi connectivity index (χ1n) is 7.11. The molecule has 1 aliphatic carbocycles. The highest BCUT2D eigenvalue weighted by Gasteiger charge is 2.24. The number of carbonyl (C=O) groups excluding carboxylic acids is 1. The first-order valence-corrected chi connectivity index (χ1v) is 7.11. The summed E-state index contributed by atoms with van der Waals surface area (Å²) in [5.74, 6) is -1.33. The number of hydrogen-bond acceptors (Lipinski definition) is 5. The topological polar surface area (TPSA) is 117 Å². The second-order valence-corrected chi connectivity index (χ2v) is 5.45. The van der Waals surface area contributed by atoms with Gasteiger partial charge in [-0.3, -0.25) is 9.59 Å². The number of aryl methyl sites for hydroxylation is 1. The molecule has 0 unspecified atom stereocenters. The summed E-state index contributed by atoms with van der Waals surface area (Å²) in [6, 6.07) is 1.50. The first-order chi connectivity index (χ1) is 10.6. The Labute approximate surface area is 125 Å². The van der Waals surface area contributed by atoms with Crippen molar-refractivity contribution >= 4 is 17.5 Å². The zero-order chi connectivity index (χ0) is 15.7. The molecule has 116 valence electrons. The van der Waals surface area contributed by atoms with Crippen molar-refractivity contribution in [3.05, 3.63) is 23.7 Å². The van der Waals surface area contributed by atoms with E-state index in [0.29, 0.717) is 0 Å². The molecule has 3 rings (SSSR count). The van der Waals surface area contributed by atoms with Crippen LogP contribution in [0.25, 0.3) is 5.65 Å². The molecule has 0 spiro atoms. The van der Waals surface area contributed by atoms with Crippen LogP contribution in [-0.2, 0) is 11.2 Å². The van der Waals surface area contributed by atoms with Crippen molar-refractivity contribution in [2.24, 2.45) is 5.92 Å². The van der Waals surface area contributed by atoms with E-state index in [1.165, 1.54) is 29.8 Å². The number of amides is 1. The van der Waals surface area contributed by atoms with E-state index in [2.05, 4.69) is 15.4 Å². The van der Waals surface area contributed by atoms with E-state index in [9.17, 15) is 14.7 Å². The third-order valence-electron chi connectivity index (χ3n) is 3.74. The average Bonchev–Trinajstić information content (AvgIpc) is 3.18. The number of aliphatic carboxylic acids is 1. The largest absolute Gasteiger partial charge is 0.507 e. The molecule has 1 amide bonds. The van der Waals surface area contributed by atoms with E-state index < -0.39 is 18.4 Å². The highest BCUT2D eigenvalue weighted by Crippen LogP contribution is 2.34. The minimum absolute atomic E-state index is 0.0612. The second-order valence-electron chi connectivity index (χ2n) is 5.45. The van der Waals surface area contributed by atoms with Crippen molar-refractivity contribution in [2.45, 2.75) is 25.7 Å². The van der Waals surface area contributed by atoms with Gasteiger partial charge in [-0.15, -0.1) is 0 Å². The Balaban J connectivity index is 1.91. The third-order valence-corrected chi connectivity index (χ3v) is 3.74. The molecule has 0 aromatic carbocycles. The molecule has 2 heterocycles. The average molecular weight is 304 g/mol. The van der Waals surface area contributed by atoms with E-state index in [1.807, 2.05) is 0 Å².